The fourth-order valence-electron chi connectivity index (χ4n) is 1.50. The Morgan fingerprint density at radius 2 is 1.91 bits per heavy atom. The fourth-order valence-corrected chi connectivity index (χ4v) is 1.50. The molecule has 120 valence electrons. The average molecular weight is 310 g/mol. The molecule has 4 N–H and O–H groups in total. The summed E-state index contributed by atoms with van der Waals surface area (Å²) in [6.45, 7) is 2.35. The van der Waals surface area contributed by atoms with Gasteiger partial charge in [-0.15, -0.1) is 0 Å². The summed E-state index contributed by atoms with van der Waals surface area (Å²) in [5.74, 6) is -1.50. The molecular formula is C12H20B2N2O6. The third-order valence-electron chi connectivity index (χ3n) is 2.19. The van der Waals surface area contributed by atoms with Crippen LogP contribution in [0.1, 0.15) is 32.9 Å². The Kier molecular flexibility index (Phi) is 9.03. The van der Waals surface area contributed by atoms with Crippen molar-refractivity contribution in [2.24, 2.45) is 0 Å². The van der Waals surface area contributed by atoms with E-state index >= 15 is 0 Å². The number of H-pyrrole nitrogens is 1. The lowest BCUT2D eigenvalue weighted by atomic mass is 9.98. The lowest BCUT2D eigenvalue weighted by molar-refractivity contribution is -0.127. The number of aromatic nitrogens is 2. The summed E-state index contributed by atoms with van der Waals surface area (Å²) in [5.41, 5.74) is -0.870. The number of aromatic amines is 1. The van der Waals surface area contributed by atoms with E-state index in [1.54, 1.807) is 0 Å². The molecule has 1 fully saturated rings. The maximum absolute atomic E-state index is 11.3. The number of rotatable bonds is 1. The van der Waals surface area contributed by atoms with Gasteiger partial charge in [0.1, 0.15) is 21.9 Å². The molecule has 0 spiro atoms. The number of nitrogens with one attached hydrogen (secondary N) is 1. The zero-order valence-electron chi connectivity index (χ0n) is 12.6. The van der Waals surface area contributed by atoms with Crippen LogP contribution in [0.5, 0.6) is 0 Å². The Hall–Kier alpha value is -1.35. The van der Waals surface area contributed by atoms with E-state index in [2.05, 4.69) is 12.8 Å². The summed E-state index contributed by atoms with van der Waals surface area (Å²) in [6, 6.07) is 0.966. The molecule has 1 aliphatic rings. The summed E-state index contributed by atoms with van der Waals surface area (Å²) in [4.78, 5) is 24.3. The Balaban J connectivity index is 0.000000465. The van der Waals surface area contributed by atoms with Crippen molar-refractivity contribution in [1.29, 1.82) is 0 Å². The van der Waals surface area contributed by atoms with E-state index in [1.807, 2.05) is 0 Å². The monoisotopic (exact) mass is 310 g/mol. The quantitative estimate of drug-likeness (QED) is 0.356. The van der Waals surface area contributed by atoms with Gasteiger partial charge >= 0.3 is 5.69 Å². The lowest BCUT2D eigenvalue weighted by Gasteiger charge is -2.13. The molecule has 0 bridgehead atoms. The van der Waals surface area contributed by atoms with Gasteiger partial charge in [-0.3, -0.25) is 14.3 Å². The van der Waals surface area contributed by atoms with Crippen LogP contribution in [0.4, 0.5) is 0 Å². The van der Waals surface area contributed by atoms with E-state index in [1.165, 1.54) is 30.7 Å². The Bertz CT molecular complexity index is 533. The molecule has 10 heteroatoms. The van der Waals surface area contributed by atoms with Crippen LogP contribution in [-0.2, 0) is 4.74 Å². The molecule has 22 heavy (non-hydrogen) atoms. The third-order valence-corrected chi connectivity index (χ3v) is 2.19. The predicted molar refractivity (Wildman–Crippen MR) is 81.6 cm³/mol. The average Bonchev–Trinajstić information content (AvgIpc) is 2.74. The van der Waals surface area contributed by atoms with Crippen molar-refractivity contribution in [1.82, 2.24) is 9.55 Å². The molecule has 2 rings (SSSR count). The van der Waals surface area contributed by atoms with Crippen LogP contribution in [0.25, 0.3) is 0 Å². The maximum atomic E-state index is 11.3. The Morgan fingerprint density at radius 1 is 1.41 bits per heavy atom. The van der Waals surface area contributed by atoms with Crippen molar-refractivity contribution in [2.75, 3.05) is 6.51 Å². The fraction of sp³-hybridized carbons (Fsp3) is 0.667. The molecule has 1 aromatic heterocycles. The van der Waals surface area contributed by atoms with E-state index in [-0.39, 0.29) is 18.7 Å². The highest BCUT2D eigenvalue weighted by Gasteiger charge is 2.23. The van der Waals surface area contributed by atoms with E-state index < -0.39 is 17.0 Å². The highest BCUT2D eigenvalue weighted by Crippen LogP contribution is 2.24. The van der Waals surface area contributed by atoms with Gasteiger partial charge in [-0.2, -0.15) is 0 Å². The minimum Gasteiger partial charge on any atom is -0.406 e. The molecule has 0 aromatic carbocycles. The van der Waals surface area contributed by atoms with Crippen molar-refractivity contribution in [3.63, 3.8) is 0 Å². The van der Waals surface area contributed by atoms with E-state index in [0.29, 0.717) is 6.42 Å². The molecule has 0 saturated carbocycles. The van der Waals surface area contributed by atoms with Gasteiger partial charge in [0.2, 0.25) is 0 Å². The number of ether oxygens (including phenoxy) is 1. The highest BCUT2D eigenvalue weighted by atomic mass is 16.5. The summed E-state index contributed by atoms with van der Waals surface area (Å²) < 4.78 is 6.63. The van der Waals surface area contributed by atoms with Crippen LogP contribution in [0.3, 0.4) is 0 Å². The van der Waals surface area contributed by atoms with Gasteiger partial charge < -0.3 is 20.1 Å². The normalized spacial score (nSPS) is 20.4. The molecule has 0 amide bonds. The molecule has 2 heterocycles. The predicted octanol–water partition coefficient (Wildman–Crippen LogP) is -1.85. The van der Waals surface area contributed by atoms with Crippen molar-refractivity contribution in [2.45, 2.75) is 44.7 Å². The Labute approximate surface area is 130 Å². The second-order valence-electron chi connectivity index (χ2n) is 4.90. The topological polar surface area (TPSA) is 125 Å². The van der Waals surface area contributed by atoms with Gasteiger partial charge in [0.25, 0.3) is 5.56 Å². The molecule has 1 unspecified atom stereocenters. The SMILES string of the molecule is CC(C)(O)O.[B]CO.[B][C@@H]1CCC(n2ccc(=O)[nH]c2=O)O1. The Morgan fingerprint density at radius 3 is 2.27 bits per heavy atom. The molecule has 8 nitrogen and oxygen atoms in total. The molecule has 0 aliphatic carbocycles. The number of aliphatic hydroxyl groups is 3. The zero-order valence-corrected chi connectivity index (χ0v) is 12.6. The van der Waals surface area contributed by atoms with Crippen LogP contribution < -0.4 is 11.2 Å². The van der Waals surface area contributed by atoms with Crippen LogP contribution in [0.2, 0.25) is 0 Å². The first-order valence-corrected chi connectivity index (χ1v) is 6.56. The lowest BCUT2D eigenvalue weighted by Crippen LogP contribution is -2.31. The van der Waals surface area contributed by atoms with Crippen LogP contribution in [0.15, 0.2) is 21.9 Å². The largest absolute Gasteiger partial charge is 0.406 e. The van der Waals surface area contributed by atoms with Gasteiger partial charge in [0, 0.05) is 24.8 Å². The second kappa shape index (κ2) is 9.62. The molecule has 1 aromatic rings. The second-order valence-corrected chi connectivity index (χ2v) is 4.90. The van der Waals surface area contributed by atoms with Gasteiger partial charge in [0.15, 0.2) is 5.79 Å². The van der Waals surface area contributed by atoms with Crippen molar-refractivity contribution >= 4 is 15.7 Å². The highest BCUT2D eigenvalue weighted by molar-refractivity contribution is 6.11. The minimum atomic E-state index is -1.50. The van der Waals surface area contributed by atoms with Gasteiger partial charge in [-0.05, 0) is 26.7 Å². The van der Waals surface area contributed by atoms with Gasteiger partial charge in [-0.1, -0.05) is 0 Å². The molecule has 2 atom stereocenters. The molecule has 1 saturated heterocycles. The van der Waals surface area contributed by atoms with E-state index in [0.717, 1.165) is 6.42 Å². The molecule has 1 aliphatic heterocycles. The van der Waals surface area contributed by atoms with Crippen LogP contribution >= 0.6 is 0 Å². The summed E-state index contributed by atoms with van der Waals surface area (Å²) in [6.07, 6.45) is 2.47. The number of hydrogen-bond acceptors (Lipinski definition) is 6. The zero-order chi connectivity index (χ0) is 17.3. The van der Waals surface area contributed by atoms with E-state index in [9.17, 15) is 9.59 Å². The van der Waals surface area contributed by atoms with Gasteiger partial charge in [-0.25, -0.2) is 4.79 Å². The first-order chi connectivity index (χ1) is 10.1. The van der Waals surface area contributed by atoms with Gasteiger partial charge in [0.05, 0.1) is 0 Å². The first kappa shape index (κ1) is 20.6. The van der Waals surface area contributed by atoms with Crippen LogP contribution in [0, 0.1) is 0 Å². The molecule has 4 radical (unpaired) electrons. The number of hydrogen-bond donors (Lipinski definition) is 4. The van der Waals surface area contributed by atoms with Crippen LogP contribution in [-0.4, -0.2) is 58.9 Å². The van der Waals surface area contributed by atoms with Crippen molar-refractivity contribution in [3.8, 4) is 0 Å². The first-order valence-electron chi connectivity index (χ1n) is 6.56. The standard InChI is InChI=1S/C8H9BN2O3.C3H8O2.CH3BO/c9-5-1-2-7(14-5)11-4-3-6(12)10-8(11)13;1-3(2,4)5;2-1-3/h3-5,7H,1-2H2,(H,10,12,13);4-5H,1-2H3;3H,1H2/t5-,7?;;/m0../s1. The van der Waals surface area contributed by atoms with E-state index in [4.69, 9.17) is 27.9 Å². The van der Waals surface area contributed by atoms with Crippen molar-refractivity contribution in [3.05, 3.63) is 33.1 Å². The smallest absolute Gasteiger partial charge is 0.330 e. The number of nitrogens with zero attached hydrogens (tertiary/aromatic N) is 1. The summed E-state index contributed by atoms with van der Waals surface area (Å²) in [7, 11) is 9.94. The van der Waals surface area contributed by atoms with Crippen molar-refractivity contribution < 1.29 is 20.1 Å². The third kappa shape index (κ3) is 9.56. The minimum absolute atomic E-state index is 0.250. The summed E-state index contributed by atoms with van der Waals surface area (Å²) in [5, 5.41) is 23.5. The molecular weight excluding hydrogens is 290 g/mol. The maximum Gasteiger partial charge on any atom is 0.330 e. The summed E-state index contributed by atoms with van der Waals surface area (Å²) >= 11 is 0. The number of aliphatic hydroxyl groups excluding tert-OH is 1.